The molecule has 1 saturated carbocycles. The zero-order chi connectivity index (χ0) is 12.8. The molecule has 1 N–H and O–H groups in total. The van der Waals surface area contributed by atoms with Gasteiger partial charge in [-0.15, -0.1) is 0 Å². The van der Waals surface area contributed by atoms with Gasteiger partial charge in [0.05, 0.1) is 12.1 Å². The van der Waals surface area contributed by atoms with Crippen molar-refractivity contribution in [2.45, 2.75) is 32.2 Å². The van der Waals surface area contributed by atoms with Crippen LogP contribution in [0.15, 0.2) is 0 Å². The van der Waals surface area contributed by atoms with Crippen LogP contribution in [0.1, 0.15) is 26.2 Å². The highest BCUT2D eigenvalue weighted by Gasteiger charge is 2.26. The summed E-state index contributed by atoms with van der Waals surface area (Å²) in [7, 11) is 0. The molecule has 0 spiro atoms. The van der Waals surface area contributed by atoms with Gasteiger partial charge in [0.25, 0.3) is 0 Å². The van der Waals surface area contributed by atoms with Crippen LogP contribution in [0.2, 0.25) is 0 Å². The van der Waals surface area contributed by atoms with Crippen LogP contribution in [0.25, 0.3) is 0 Å². The van der Waals surface area contributed by atoms with Crippen molar-refractivity contribution in [3.8, 4) is 6.07 Å². The summed E-state index contributed by atoms with van der Waals surface area (Å²) in [6.07, 6.45) is 3.85. The number of nitrogens with one attached hydrogen (secondary N) is 1. The van der Waals surface area contributed by atoms with Crippen LogP contribution in [-0.2, 0) is 0 Å². The zero-order valence-electron chi connectivity index (χ0n) is 11.6. The Morgan fingerprint density at radius 1 is 1.22 bits per heavy atom. The molecule has 1 atom stereocenters. The van der Waals surface area contributed by atoms with E-state index in [1.807, 2.05) is 0 Å². The van der Waals surface area contributed by atoms with E-state index >= 15 is 0 Å². The van der Waals surface area contributed by atoms with E-state index in [1.165, 1.54) is 45.6 Å². The monoisotopic (exact) mass is 250 g/mol. The summed E-state index contributed by atoms with van der Waals surface area (Å²) in [4.78, 5) is 5.12. The molecule has 1 heterocycles. The Bertz CT molecular complexity index is 274. The molecule has 1 saturated heterocycles. The Labute approximate surface area is 111 Å². The molecule has 2 fully saturated rings. The minimum absolute atomic E-state index is 0.0273. The van der Waals surface area contributed by atoms with E-state index < -0.39 is 0 Å². The lowest BCUT2D eigenvalue weighted by Gasteiger charge is -2.35. The van der Waals surface area contributed by atoms with Crippen LogP contribution < -0.4 is 5.32 Å². The van der Waals surface area contributed by atoms with E-state index in [0.717, 1.165) is 25.4 Å². The first-order chi connectivity index (χ1) is 8.81. The van der Waals surface area contributed by atoms with Crippen LogP contribution >= 0.6 is 0 Å². The molecular formula is C14H26N4. The second-order valence-corrected chi connectivity index (χ2v) is 5.61. The minimum atomic E-state index is 0.0273. The molecule has 0 aromatic rings. The molecule has 0 radical (unpaired) electrons. The van der Waals surface area contributed by atoms with E-state index in [1.54, 1.807) is 0 Å². The highest BCUT2D eigenvalue weighted by molar-refractivity contribution is 4.90. The summed E-state index contributed by atoms with van der Waals surface area (Å²) in [6.45, 7) is 10.1. The van der Waals surface area contributed by atoms with Gasteiger partial charge in [0, 0.05) is 39.3 Å². The SMILES string of the molecule is CCNC(C#N)CCN1CCN(CC2CC2)CC1. The maximum atomic E-state index is 9.00. The van der Waals surface area contributed by atoms with Crippen molar-refractivity contribution in [3.05, 3.63) is 0 Å². The molecule has 2 rings (SSSR count). The lowest BCUT2D eigenvalue weighted by molar-refractivity contribution is 0.126. The fourth-order valence-corrected chi connectivity index (χ4v) is 2.63. The van der Waals surface area contributed by atoms with Crippen molar-refractivity contribution in [2.75, 3.05) is 45.8 Å². The molecule has 102 valence electrons. The average Bonchev–Trinajstić information content (AvgIpc) is 3.20. The van der Waals surface area contributed by atoms with Crippen molar-refractivity contribution in [2.24, 2.45) is 5.92 Å². The first-order valence-electron chi connectivity index (χ1n) is 7.39. The van der Waals surface area contributed by atoms with Crippen molar-refractivity contribution in [3.63, 3.8) is 0 Å². The quantitative estimate of drug-likeness (QED) is 0.729. The number of nitriles is 1. The molecule has 0 bridgehead atoms. The molecule has 1 unspecified atom stereocenters. The van der Waals surface area contributed by atoms with Gasteiger partial charge < -0.3 is 15.1 Å². The number of piperazine rings is 1. The van der Waals surface area contributed by atoms with E-state index in [4.69, 9.17) is 5.26 Å². The summed E-state index contributed by atoms with van der Waals surface area (Å²) in [5.74, 6) is 1.01. The summed E-state index contributed by atoms with van der Waals surface area (Å²) < 4.78 is 0. The van der Waals surface area contributed by atoms with Gasteiger partial charge in [-0.1, -0.05) is 6.92 Å². The van der Waals surface area contributed by atoms with Crippen molar-refractivity contribution in [1.29, 1.82) is 5.26 Å². The number of nitrogens with zero attached hydrogens (tertiary/aromatic N) is 3. The molecule has 0 aromatic heterocycles. The zero-order valence-corrected chi connectivity index (χ0v) is 11.6. The van der Waals surface area contributed by atoms with Crippen LogP contribution in [0, 0.1) is 17.2 Å². The van der Waals surface area contributed by atoms with Gasteiger partial charge in [0.2, 0.25) is 0 Å². The average molecular weight is 250 g/mol. The molecule has 0 aromatic carbocycles. The lowest BCUT2D eigenvalue weighted by Crippen LogP contribution is -2.47. The third-order valence-corrected chi connectivity index (χ3v) is 4.02. The summed E-state index contributed by atoms with van der Waals surface area (Å²) in [5, 5.41) is 12.2. The van der Waals surface area contributed by atoms with Crippen LogP contribution in [0.4, 0.5) is 0 Å². The molecule has 1 aliphatic heterocycles. The Morgan fingerprint density at radius 3 is 2.44 bits per heavy atom. The minimum Gasteiger partial charge on any atom is -0.302 e. The van der Waals surface area contributed by atoms with Gasteiger partial charge in [0.15, 0.2) is 0 Å². The third kappa shape index (κ3) is 4.56. The molecule has 4 heteroatoms. The Kier molecular flexibility index (Phi) is 5.43. The Balaban J connectivity index is 1.59. The largest absolute Gasteiger partial charge is 0.302 e. The second kappa shape index (κ2) is 7.08. The molecule has 4 nitrogen and oxygen atoms in total. The standard InChI is InChI=1S/C14H26N4/c1-2-16-14(11-15)5-6-17-7-9-18(10-8-17)12-13-3-4-13/h13-14,16H,2-10,12H2,1H3. The summed E-state index contributed by atoms with van der Waals surface area (Å²) in [5.41, 5.74) is 0. The first kappa shape index (κ1) is 13.8. The molecule has 18 heavy (non-hydrogen) atoms. The van der Waals surface area contributed by atoms with Gasteiger partial charge >= 0.3 is 0 Å². The van der Waals surface area contributed by atoms with Gasteiger partial charge in [-0.2, -0.15) is 5.26 Å². The summed E-state index contributed by atoms with van der Waals surface area (Å²) in [6, 6.07) is 2.36. The first-order valence-corrected chi connectivity index (χ1v) is 7.39. The predicted molar refractivity (Wildman–Crippen MR) is 73.3 cm³/mol. The second-order valence-electron chi connectivity index (χ2n) is 5.61. The Morgan fingerprint density at radius 2 is 1.89 bits per heavy atom. The number of hydrogen-bond acceptors (Lipinski definition) is 4. The van der Waals surface area contributed by atoms with E-state index in [2.05, 4.69) is 28.1 Å². The van der Waals surface area contributed by atoms with Crippen LogP contribution in [-0.4, -0.2) is 61.7 Å². The smallest absolute Gasteiger partial charge is 0.0965 e. The topological polar surface area (TPSA) is 42.3 Å². The van der Waals surface area contributed by atoms with Gasteiger partial charge in [-0.25, -0.2) is 0 Å². The third-order valence-electron chi connectivity index (χ3n) is 4.02. The molecular weight excluding hydrogens is 224 g/mol. The van der Waals surface area contributed by atoms with E-state index in [0.29, 0.717) is 0 Å². The van der Waals surface area contributed by atoms with Gasteiger partial charge in [0.1, 0.15) is 0 Å². The number of rotatable bonds is 7. The van der Waals surface area contributed by atoms with Crippen molar-refractivity contribution >= 4 is 0 Å². The maximum Gasteiger partial charge on any atom is 0.0965 e. The highest BCUT2D eigenvalue weighted by atomic mass is 15.3. The molecule has 1 aliphatic carbocycles. The van der Waals surface area contributed by atoms with Crippen molar-refractivity contribution in [1.82, 2.24) is 15.1 Å². The van der Waals surface area contributed by atoms with Gasteiger partial charge in [-0.05, 0) is 31.7 Å². The maximum absolute atomic E-state index is 9.00. The van der Waals surface area contributed by atoms with Crippen LogP contribution in [0.5, 0.6) is 0 Å². The normalized spacial score (nSPS) is 23.8. The Hall–Kier alpha value is -0.630. The van der Waals surface area contributed by atoms with Crippen LogP contribution in [0.3, 0.4) is 0 Å². The molecule has 0 amide bonds. The predicted octanol–water partition coefficient (Wildman–Crippen LogP) is 0.906. The fraction of sp³-hybridized carbons (Fsp3) is 0.929. The number of hydrogen-bond donors (Lipinski definition) is 1. The van der Waals surface area contributed by atoms with Crippen molar-refractivity contribution < 1.29 is 0 Å². The molecule has 2 aliphatic rings. The highest BCUT2D eigenvalue weighted by Crippen LogP contribution is 2.29. The lowest BCUT2D eigenvalue weighted by atomic mass is 10.2. The van der Waals surface area contributed by atoms with E-state index in [9.17, 15) is 0 Å². The summed E-state index contributed by atoms with van der Waals surface area (Å²) >= 11 is 0. The fourth-order valence-electron chi connectivity index (χ4n) is 2.63. The van der Waals surface area contributed by atoms with Gasteiger partial charge in [-0.3, -0.25) is 0 Å². The van der Waals surface area contributed by atoms with E-state index in [-0.39, 0.29) is 6.04 Å².